The monoisotopic (exact) mass is 357 g/mol. The Bertz CT molecular complexity index is 817. The highest BCUT2D eigenvalue weighted by atomic mass is 16.5. The van der Waals surface area contributed by atoms with E-state index in [0.717, 1.165) is 11.1 Å². The molecule has 0 saturated carbocycles. The summed E-state index contributed by atoms with van der Waals surface area (Å²) in [7, 11) is 2.91. The van der Waals surface area contributed by atoms with Crippen LogP contribution in [0.2, 0.25) is 0 Å². The van der Waals surface area contributed by atoms with Crippen molar-refractivity contribution in [2.75, 3.05) is 14.2 Å². The lowest BCUT2D eigenvalue weighted by atomic mass is 9.89. The number of hydrogen-bond acceptors (Lipinski definition) is 6. The van der Waals surface area contributed by atoms with Crippen molar-refractivity contribution in [2.45, 2.75) is 40.2 Å². The minimum atomic E-state index is -0.469. The third kappa shape index (κ3) is 3.57. The molecule has 0 amide bonds. The fourth-order valence-corrected chi connectivity index (χ4v) is 3.13. The summed E-state index contributed by atoms with van der Waals surface area (Å²) in [5, 5.41) is 9.64. The zero-order valence-electron chi connectivity index (χ0n) is 15.8. The molecule has 1 aromatic rings. The van der Waals surface area contributed by atoms with E-state index in [1.165, 1.54) is 7.11 Å². The summed E-state index contributed by atoms with van der Waals surface area (Å²) >= 11 is 0. The van der Waals surface area contributed by atoms with Gasteiger partial charge < -0.3 is 14.2 Å². The van der Waals surface area contributed by atoms with E-state index in [0.29, 0.717) is 34.4 Å². The van der Waals surface area contributed by atoms with Gasteiger partial charge in [0.1, 0.15) is 18.4 Å². The van der Waals surface area contributed by atoms with E-state index in [4.69, 9.17) is 14.2 Å². The van der Waals surface area contributed by atoms with Crippen molar-refractivity contribution in [3.8, 4) is 11.8 Å². The lowest BCUT2D eigenvalue weighted by molar-refractivity contribution is -0.141. The predicted octanol–water partition coefficient (Wildman–Crippen LogP) is 3.23. The average molecular weight is 357 g/mol. The average Bonchev–Trinajstić information content (AvgIpc) is 3.01. The van der Waals surface area contributed by atoms with Crippen LogP contribution in [0.4, 0.5) is 0 Å². The number of benzene rings is 1. The number of fused-ring (bicyclic) bond motifs is 1. The number of nitriles is 1. The molecule has 0 aromatic heterocycles. The Morgan fingerprint density at radius 3 is 2.69 bits per heavy atom. The molecule has 2 rings (SSSR count). The second-order valence-corrected chi connectivity index (χ2v) is 6.39. The number of hydrogen-bond donors (Lipinski definition) is 0. The molecule has 0 fully saturated rings. The van der Waals surface area contributed by atoms with Crippen LogP contribution in [-0.4, -0.2) is 26.2 Å². The van der Waals surface area contributed by atoms with Crippen LogP contribution in [0.1, 0.15) is 52.9 Å². The van der Waals surface area contributed by atoms with Crippen LogP contribution in [0.25, 0.3) is 0 Å². The van der Waals surface area contributed by atoms with Gasteiger partial charge in [0.15, 0.2) is 0 Å². The van der Waals surface area contributed by atoms with Gasteiger partial charge in [-0.05, 0) is 31.7 Å². The fraction of sp³-hybridized carbons (Fsp3) is 0.450. The van der Waals surface area contributed by atoms with Gasteiger partial charge in [-0.2, -0.15) is 5.26 Å². The van der Waals surface area contributed by atoms with E-state index in [1.54, 1.807) is 7.11 Å². The first-order chi connectivity index (χ1) is 12.3. The number of allylic oxidation sites excluding steroid dienone is 2. The zero-order chi connectivity index (χ0) is 19.4. The Labute approximate surface area is 153 Å². The van der Waals surface area contributed by atoms with Crippen molar-refractivity contribution in [2.24, 2.45) is 5.92 Å². The highest BCUT2D eigenvalue weighted by Gasteiger charge is 2.31. The van der Waals surface area contributed by atoms with E-state index in [9.17, 15) is 14.9 Å². The molecule has 0 radical (unpaired) electrons. The first kappa shape index (κ1) is 19.5. The number of nitrogens with zero attached hydrogens (tertiary/aromatic N) is 1. The molecule has 138 valence electrons. The Morgan fingerprint density at radius 1 is 1.42 bits per heavy atom. The highest BCUT2D eigenvalue weighted by Crippen LogP contribution is 2.38. The smallest absolute Gasteiger partial charge is 0.340 e. The summed E-state index contributed by atoms with van der Waals surface area (Å²) in [5.74, 6) is -0.122. The summed E-state index contributed by atoms with van der Waals surface area (Å²) in [6, 6.07) is 2.14. The van der Waals surface area contributed by atoms with E-state index in [1.807, 2.05) is 26.8 Å². The second kappa shape index (κ2) is 8.05. The van der Waals surface area contributed by atoms with Gasteiger partial charge in [-0.15, -0.1) is 0 Å². The molecule has 1 heterocycles. The third-order valence-electron chi connectivity index (χ3n) is 4.89. The maximum atomic E-state index is 12.1. The summed E-state index contributed by atoms with van der Waals surface area (Å²) in [6.07, 6.45) is 2.67. The van der Waals surface area contributed by atoms with E-state index in [-0.39, 0.29) is 24.9 Å². The van der Waals surface area contributed by atoms with Crippen LogP contribution in [0.3, 0.4) is 0 Å². The van der Waals surface area contributed by atoms with Crippen LogP contribution in [-0.2, 0) is 27.3 Å². The SMILES string of the molecule is COC(=O)C[C@@H](C)C(C)=CCc1c(C#N)c2c(c(C)c1OC)COC2=O. The molecule has 26 heavy (non-hydrogen) atoms. The lowest BCUT2D eigenvalue weighted by Gasteiger charge is -2.16. The van der Waals surface area contributed by atoms with Crippen LogP contribution in [0.15, 0.2) is 11.6 Å². The minimum absolute atomic E-state index is 0.0134. The molecule has 0 saturated heterocycles. The molecule has 1 aliphatic rings. The van der Waals surface area contributed by atoms with Crippen molar-refractivity contribution in [3.63, 3.8) is 0 Å². The minimum Gasteiger partial charge on any atom is -0.496 e. The number of esters is 2. The molecule has 0 aliphatic carbocycles. The van der Waals surface area contributed by atoms with Crippen LogP contribution < -0.4 is 4.74 Å². The number of rotatable bonds is 6. The van der Waals surface area contributed by atoms with Crippen LogP contribution >= 0.6 is 0 Å². The summed E-state index contributed by atoms with van der Waals surface area (Å²) in [5.41, 5.74) is 3.84. The molecule has 1 aromatic carbocycles. The topological polar surface area (TPSA) is 85.6 Å². The summed E-state index contributed by atoms with van der Waals surface area (Å²) in [4.78, 5) is 23.5. The quantitative estimate of drug-likeness (QED) is 0.574. The first-order valence-electron chi connectivity index (χ1n) is 8.38. The van der Waals surface area contributed by atoms with Gasteiger partial charge in [-0.3, -0.25) is 4.79 Å². The summed E-state index contributed by atoms with van der Waals surface area (Å²) in [6.45, 7) is 5.90. The van der Waals surface area contributed by atoms with Gasteiger partial charge in [0, 0.05) is 11.1 Å². The van der Waals surface area contributed by atoms with Crippen molar-refractivity contribution < 1.29 is 23.8 Å². The van der Waals surface area contributed by atoms with E-state index in [2.05, 4.69) is 6.07 Å². The summed E-state index contributed by atoms with van der Waals surface area (Å²) < 4.78 is 15.3. The van der Waals surface area contributed by atoms with Gasteiger partial charge in [0.25, 0.3) is 0 Å². The maximum Gasteiger partial charge on any atom is 0.340 e. The Morgan fingerprint density at radius 2 is 2.12 bits per heavy atom. The van der Waals surface area contributed by atoms with Gasteiger partial charge in [-0.1, -0.05) is 18.6 Å². The Balaban J connectivity index is 2.44. The van der Waals surface area contributed by atoms with Crippen molar-refractivity contribution in [1.82, 2.24) is 0 Å². The molecule has 0 bridgehead atoms. The number of ether oxygens (including phenoxy) is 3. The maximum absolute atomic E-state index is 12.1. The van der Waals surface area contributed by atoms with E-state index >= 15 is 0 Å². The molecule has 1 aliphatic heterocycles. The molecule has 6 heteroatoms. The number of carbonyl (C=O) groups excluding carboxylic acids is 2. The lowest BCUT2D eigenvalue weighted by Crippen LogP contribution is -2.09. The Kier molecular flexibility index (Phi) is 6.04. The number of carbonyl (C=O) groups is 2. The molecule has 0 spiro atoms. The molecule has 0 N–H and O–H groups in total. The van der Waals surface area contributed by atoms with Gasteiger partial charge in [0.05, 0.1) is 31.8 Å². The van der Waals surface area contributed by atoms with Crippen molar-refractivity contribution >= 4 is 11.9 Å². The predicted molar refractivity (Wildman–Crippen MR) is 94.8 cm³/mol. The Hall–Kier alpha value is -2.81. The zero-order valence-corrected chi connectivity index (χ0v) is 15.8. The van der Waals surface area contributed by atoms with Crippen LogP contribution in [0, 0.1) is 24.2 Å². The number of cyclic esters (lactones) is 1. The normalized spacial score (nSPS) is 14.3. The molecule has 0 unspecified atom stereocenters. The molecule has 6 nitrogen and oxygen atoms in total. The fourth-order valence-electron chi connectivity index (χ4n) is 3.13. The van der Waals surface area contributed by atoms with Crippen LogP contribution in [0.5, 0.6) is 5.75 Å². The van der Waals surface area contributed by atoms with Gasteiger partial charge in [-0.25, -0.2) is 4.79 Å². The first-order valence-corrected chi connectivity index (χ1v) is 8.38. The van der Waals surface area contributed by atoms with Crippen molar-refractivity contribution in [3.05, 3.63) is 39.5 Å². The largest absolute Gasteiger partial charge is 0.496 e. The third-order valence-corrected chi connectivity index (χ3v) is 4.89. The van der Waals surface area contributed by atoms with Crippen molar-refractivity contribution in [1.29, 1.82) is 5.26 Å². The molecular formula is C20H23NO5. The molecular weight excluding hydrogens is 334 g/mol. The van der Waals surface area contributed by atoms with Gasteiger partial charge in [0.2, 0.25) is 0 Å². The second-order valence-electron chi connectivity index (χ2n) is 6.39. The highest BCUT2D eigenvalue weighted by molar-refractivity contribution is 5.97. The number of methoxy groups -OCH3 is 2. The molecule has 1 atom stereocenters. The van der Waals surface area contributed by atoms with Gasteiger partial charge >= 0.3 is 11.9 Å². The van der Waals surface area contributed by atoms with E-state index < -0.39 is 5.97 Å². The standard InChI is InChI=1S/C20H23NO5/c1-11(12(2)8-17(22)24-4)6-7-14-15(9-21)18-16(10-26-20(18)23)13(3)19(14)25-5/h6,12H,7-8,10H2,1-5H3/t12-/m1/s1.